The smallest absolute Gasteiger partial charge is 0.316 e. The van der Waals surface area contributed by atoms with Gasteiger partial charge in [0.1, 0.15) is 11.1 Å². The van der Waals surface area contributed by atoms with E-state index < -0.39 is 11.2 Å². The number of aromatic nitrogens is 4. The molecule has 0 fully saturated rings. The van der Waals surface area contributed by atoms with Gasteiger partial charge in [0, 0.05) is 26.0 Å². The molecule has 3 rings (SSSR count). The Labute approximate surface area is 168 Å². The summed E-state index contributed by atoms with van der Waals surface area (Å²) in [5.74, 6) is -0.233. The third kappa shape index (κ3) is 3.14. The molecule has 0 atom stereocenters. The fourth-order valence-corrected chi connectivity index (χ4v) is 4.57. The molecule has 11 heteroatoms. The van der Waals surface area contributed by atoms with Crippen molar-refractivity contribution in [3.05, 3.63) is 36.8 Å². The molecule has 0 aromatic carbocycles. The molecule has 0 saturated carbocycles. The van der Waals surface area contributed by atoms with Gasteiger partial charge >= 0.3 is 5.69 Å². The number of nitrogens with one attached hydrogen (secondary N) is 1. The highest BCUT2D eigenvalue weighted by Crippen LogP contribution is 2.32. The molecule has 1 amide bonds. The normalized spacial score (nSPS) is 11.0. The molecule has 3 heterocycles. The zero-order valence-electron chi connectivity index (χ0n) is 16.0. The number of nitrogens with zero attached hydrogens (tertiary/aromatic N) is 5. The maximum absolute atomic E-state index is 12.4. The average Bonchev–Trinajstić information content (AvgIpc) is 3.12. The summed E-state index contributed by atoms with van der Waals surface area (Å²) >= 11 is 2.51. The lowest BCUT2D eigenvalue weighted by Gasteiger charge is -2.04. The third-order valence-corrected chi connectivity index (χ3v) is 6.67. The molecule has 0 spiro atoms. The van der Waals surface area contributed by atoms with E-state index in [1.165, 1.54) is 23.0 Å². The highest BCUT2D eigenvalue weighted by Gasteiger charge is 2.19. The lowest BCUT2D eigenvalue weighted by Crippen LogP contribution is -2.37. The molecule has 0 aliphatic carbocycles. The van der Waals surface area contributed by atoms with Gasteiger partial charge in [0.15, 0.2) is 16.3 Å². The van der Waals surface area contributed by atoms with Crippen LogP contribution in [-0.2, 0) is 25.9 Å². The fraction of sp³-hybridized carbons (Fsp3) is 0.353. The van der Waals surface area contributed by atoms with E-state index in [2.05, 4.69) is 16.4 Å². The maximum Gasteiger partial charge on any atom is 0.332 e. The van der Waals surface area contributed by atoms with Gasteiger partial charge in [-0.3, -0.25) is 18.7 Å². The Balaban J connectivity index is 1.85. The number of thioether (sulfide) groups is 1. The number of carbonyl (C=O) groups excluding carboxylic acids is 1. The van der Waals surface area contributed by atoms with Crippen molar-refractivity contribution in [1.82, 2.24) is 18.7 Å². The maximum atomic E-state index is 12.4. The topological polar surface area (TPSA) is 115 Å². The third-order valence-electron chi connectivity index (χ3n) is 4.52. The van der Waals surface area contributed by atoms with E-state index in [0.717, 1.165) is 26.8 Å². The quantitative estimate of drug-likeness (QED) is 0.638. The molecule has 0 bridgehead atoms. The van der Waals surface area contributed by atoms with Crippen LogP contribution in [0.3, 0.4) is 0 Å². The Bertz CT molecular complexity index is 1270. The number of carbonyl (C=O) groups is 1. The Hall–Kier alpha value is -2.84. The van der Waals surface area contributed by atoms with E-state index in [0.29, 0.717) is 21.2 Å². The Morgan fingerprint density at radius 2 is 1.89 bits per heavy atom. The minimum absolute atomic E-state index is 0.0479. The standard InChI is InChI=1S/C17H18N6O3S2/c1-8-9(2)28-14(10(8)6-18)19-11(24)7-27-16-20-13-12(21(16)3)15(25)23(5)17(26)22(13)4/h7H2,1-5H3,(H,19,24). The van der Waals surface area contributed by atoms with Crippen molar-refractivity contribution in [3.63, 3.8) is 0 Å². The van der Waals surface area contributed by atoms with Gasteiger partial charge in [-0.05, 0) is 19.4 Å². The second-order valence-electron chi connectivity index (χ2n) is 6.27. The lowest BCUT2D eigenvalue weighted by atomic mass is 10.2. The zero-order chi connectivity index (χ0) is 20.7. The van der Waals surface area contributed by atoms with Gasteiger partial charge < -0.3 is 9.88 Å². The van der Waals surface area contributed by atoms with Crippen LogP contribution in [0.1, 0.15) is 16.0 Å². The predicted molar refractivity (Wildman–Crippen MR) is 109 cm³/mol. The van der Waals surface area contributed by atoms with Crippen LogP contribution in [0.4, 0.5) is 5.00 Å². The molecule has 0 saturated heterocycles. The Morgan fingerprint density at radius 1 is 1.21 bits per heavy atom. The minimum atomic E-state index is -0.461. The molecular formula is C17H18N6O3S2. The number of imidazole rings is 1. The summed E-state index contributed by atoms with van der Waals surface area (Å²) in [5, 5.41) is 13.0. The van der Waals surface area contributed by atoms with Crippen molar-refractivity contribution in [2.75, 3.05) is 11.1 Å². The fourth-order valence-electron chi connectivity index (χ4n) is 2.77. The molecule has 28 heavy (non-hydrogen) atoms. The second-order valence-corrected chi connectivity index (χ2v) is 8.43. The van der Waals surface area contributed by atoms with Gasteiger partial charge in [-0.15, -0.1) is 11.3 Å². The minimum Gasteiger partial charge on any atom is -0.316 e. The first kappa shape index (κ1) is 19.9. The molecule has 0 radical (unpaired) electrons. The van der Waals surface area contributed by atoms with Crippen molar-refractivity contribution in [2.45, 2.75) is 19.0 Å². The summed E-state index contributed by atoms with van der Waals surface area (Å²) in [6.45, 7) is 3.74. The highest BCUT2D eigenvalue weighted by molar-refractivity contribution is 7.99. The van der Waals surface area contributed by atoms with Crippen molar-refractivity contribution < 1.29 is 4.79 Å². The van der Waals surface area contributed by atoms with Crippen LogP contribution in [0.2, 0.25) is 0 Å². The largest absolute Gasteiger partial charge is 0.332 e. The SMILES string of the molecule is Cc1sc(NC(=O)CSc2nc3c(c(=O)n(C)c(=O)n3C)n2C)c(C#N)c1C. The summed E-state index contributed by atoms with van der Waals surface area (Å²) in [6, 6.07) is 2.12. The monoisotopic (exact) mass is 418 g/mol. The van der Waals surface area contributed by atoms with E-state index in [1.807, 2.05) is 13.8 Å². The number of hydrogen-bond donors (Lipinski definition) is 1. The highest BCUT2D eigenvalue weighted by atomic mass is 32.2. The first-order valence-electron chi connectivity index (χ1n) is 8.22. The first-order valence-corrected chi connectivity index (χ1v) is 10.0. The van der Waals surface area contributed by atoms with Crippen LogP contribution in [-0.4, -0.2) is 30.3 Å². The van der Waals surface area contributed by atoms with Gasteiger partial charge in [-0.2, -0.15) is 5.26 Å². The lowest BCUT2D eigenvalue weighted by molar-refractivity contribution is -0.113. The first-order chi connectivity index (χ1) is 13.2. The van der Waals surface area contributed by atoms with Gasteiger partial charge in [0.2, 0.25) is 5.91 Å². The van der Waals surface area contributed by atoms with E-state index in [9.17, 15) is 19.6 Å². The zero-order valence-corrected chi connectivity index (χ0v) is 17.6. The number of rotatable bonds is 4. The van der Waals surface area contributed by atoms with Gasteiger partial charge in [-0.25, -0.2) is 9.78 Å². The predicted octanol–water partition coefficient (Wildman–Crippen LogP) is 1.25. The second kappa shape index (κ2) is 7.29. The summed E-state index contributed by atoms with van der Waals surface area (Å²) in [5.41, 5.74) is 1.01. The number of hydrogen-bond acceptors (Lipinski definition) is 7. The van der Waals surface area contributed by atoms with Gasteiger partial charge in [0.25, 0.3) is 5.56 Å². The molecule has 3 aromatic heterocycles. The summed E-state index contributed by atoms with van der Waals surface area (Å²) < 4.78 is 3.91. The Morgan fingerprint density at radius 3 is 2.54 bits per heavy atom. The van der Waals surface area contributed by atoms with Crippen LogP contribution >= 0.6 is 23.1 Å². The van der Waals surface area contributed by atoms with Crippen LogP contribution in [0.25, 0.3) is 11.2 Å². The van der Waals surface area contributed by atoms with Crippen LogP contribution in [0, 0.1) is 25.2 Å². The van der Waals surface area contributed by atoms with Crippen LogP contribution < -0.4 is 16.6 Å². The molecule has 146 valence electrons. The van der Waals surface area contributed by atoms with Crippen LogP contribution in [0.5, 0.6) is 0 Å². The molecule has 1 N–H and O–H groups in total. The van der Waals surface area contributed by atoms with Crippen LogP contribution in [0.15, 0.2) is 14.7 Å². The number of amides is 1. The molecular weight excluding hydrogens is 400 g/mol. The average molecular weight is 419 g/mol. The molecule has 0 aliphatic heterocycles. The number of fused-ring (bicyclic) bond motifs is 1. The van der Waals surface area contributed by atoms with Crippen molar-refractivity contribution in [2.24, 2.45) is 21.1 Å². The summed E-state index contributed by atoms with van der Waals surface area (Å²) in [7, 11) is 4.62. The van der Waals surface area contributed by atoms with Crippen molar-refractivity contribution in [1.29, 1.82) is 5.26 Å². The number of nitriles is 1. The number of anilines is 1. The van der Waals surface area contributed by atoms with Gasteiger partial charge in [0.05, 0.1) is 11.3 Å². The summed E-state index contributed by atoms with van der Waals surface area (Å²) in [6.07, 6.45) is 0. The van der Waals surface area contributed by atoms with Crippen molar-refractivity contribution in [3.8, 4) is 6.07 Å². The van der Waals surface area contributed by atoms with E-state index in [1.54, 1.807) is 18.7 Å². The van der Waals surface area contributed by atoms with Crippen molar-refractivity contribution >= 4 is 45.2 Å². The number of thiophene rings is 1. The molecule has 0 unspecified atom stereocenters. The number of aryl methyl sites for hydroxylation is 3. The van der Waals surface area contributed by atoms with E-state index in [-0.39, 0.29) is 17.3 Å². The summed E-state index contributed by atoms with van der Waals surface area (Å²) in [4.78, 5) is 42.1. The Kier molecular flexibility index (Phi) is 5.18. The molecule has 3 aromatic rings. The van der Waals surface area contributed by atoms with E-state index >= 15 is 0 Å². The molecule has 9 nitrogen and oxygen atoms in total. The van der Waals surface area contributed by atoms with E-state index in [4.69, 9.17) is 0 Å². The van der Waals surface area contributed by atoms with Gasteiger partial charge in [-0.1, -0.05) is 11.8 Å². The molecule has 0 aliphatic rings.